The smallest absolute Gasteiger partial charge is 0.465 e. The molecule has 0 radical (unpaired) electrons. The third kappa shape index (κ3) is 3.23. The Labute approximate surface area is 99.7 Å². The molecule has 0 bridgehead atoms. The van der Waals surface area contributed by atoms with E-state index in [2.05, 4.69) is 14.5 Å². The van der Waals surface area contributed by atoms with Gasteiger partial charge in [-0.3, -0.25) is 0 Å². The van der Waals surface area contributed by atoms with Gasteiger partial charge in [0.1, 0.15) is 11.4 Å². The van der Waals surface area contributed by atoms with Crippen molar-refractivity contribution in [2.24, 2.45) is 5.73 Å². The van der Waals surface area contributed by atoms with Crippen LogP contribution in [0.1, 0.15) is 15.9 Å². The summed E-state index contributed by atoms with van der Waals surface area (Å²) < 4.78 is 44.3. The summed E-state index contributed by atoms with van der Waals surface area (Å²) >= 11 is 0. The molecule has 1 aromatic heterocycles. The Morgan fingerprint density at radius 2 is 2.11 bits per heavy atom. The van der Waals surface area contributed by atoms with Gasteiger partial charge in [-0.2, -0.15) is 4.98 Å². The zero-order valence-corrected chi connectivity index (χ0v) is 9.25. The van der Waals surface area contributed by atoms with Gasteiger partial charge < -0.3 is 20.9 Å². The second-order valence-corrected chi connectivity index (χ2v) is 3.13. The van der Waals surface area contributed by atoms with Gasteiger partial charge in [-0.15, -0.1) is 13.2 Å². The van der Waals surface area contributed by atoms with Gasteiger partial charge >= 0.3 is 12.3 Å². The minimum absolute atomic E-state index is 0.109. The third-order valence-electron chi connectivity index (χ3n) is 1.93. The van der Waals surface area contributed by atoms with Gasteiger partial charge in [0.25, 0.3) is 0 Å². The van der Waals surface area contributed by atoms with Gasteiger partial charge in [-0.1, -0.05) is 0 Å². The summed E-state index contributed by atoms with van der Waals surface area (Å²) in [7, 11) is 1.10. The number of alkyl halides is 3. The Hall–Kier alpha value is -2.03. The van der Waals surface area contributed by atoms with Crippen LogP contribution in [-0.2, 0) is 11.3 Å². The van der Waals surface area contributed by atoms with Crippen molar-refractivity contribution in [2.75, 3.05) is 12.8 Å². The van der Waals surface area contributed by atoms with Crippen LogP contribution in [0.25, 0.3) is 0 Å². The number of nitrogens with two attached hydrogens (primary N) is 2. The van der Waals surface area contributed by atoms with Crippen LogP contribution in [0.2, 0.25) is 0 Å². The van der Waals surface area contributed by atoms with Crippen LogP contribution >= 0.6 is 0 Å². The van der Waals surface area contributed by atoms with Gasteiger partial charge in [-0.25, -0.2) is 4.79 Å². The summed E-state index contributed by atoms with van der Waals surface area (Å²) in [5, 5.41) is 0. The third-order valence-corrected chi connectivity index (χ3v) is 1.93. The lowest BCUT2D eigenvalue weighted by Gasteiger charge is -2.13. The van der Waals surface area contributed by atoms with Gasteiger partial charge in [-0.05, 0) is 6.07 Å². The minimum Gasteiger partial charge on any atom is -0.465 e. The number of hydrogen-bond donors (Lipinski definition) is 2. The van der Waals surface area contributed by atoms with E-state index in [-0.39, 0.29) is 17.7 Å². The maximum Gasteiger partial charge on any atom is 0.574 e. The van der Waals surface area contributed by atoms with E-state index in [0.29, 0.717) is 0 Å². The number of aromatic nitrogens is 1. The van der Waals surface area contributed by atoms with Gasteiger partial charge in [0, 0.05) is 12.1 Å². The molecule has 0 aliphatic rings. The highest BCUT2D eigenvalue weighted by Gasteiger charge is 2.33. The molecule has 9 heteroatoms. The van der Waals surface area contributed by atoms with Crippen molar-refractivity contribution in [3.63, 3.8) is 0 Å². The number of ether oxygens (including phenoxy) is 2. The van der Waals surface area contributed by atoms with Crippen molar-refractivity contribution in [2.45, 2.75) is 12.9 Å². The van der Waals surface area contributed by atoms with E-state index in [0.717, 1.165) is 13.2 Å². The molecule has 1 heterocycles. The lowest BCUT2D eigenvalue weighted by Crippen LogP contribution is -2.21. The maximum atomic E-state index is 12.1. The molecule has 0 amide bonds. The van der Waals surface area contributed by atoms with Crippen LogP contribution in [0.5, 0.6) is 5.88 Å². The molecule has 100 valence electrons. The van der Waals surface area contributed by atoms with Crippen molar-refractivity contribution in [3.05, 3.63) is 17.2 Å². The monoisotopic (exact) mass is 265 g/mol. The molecule has 0 unspecified atom stereocenters. The van der Waals surface area contributed by atoms with Gasteiger partial charge in [0.15, 0.2) is 0 Å². The topological polar surface area (TPSA) is 100 Å². The standard InChI is InChI=1S/C9H10F3N3O3/c1-17-8(16)5-2-4(3-13)7(15-6(5)14)18-9(10,11)12/h2H,3,13H2,1H3,(H2,14,15). The highest BCUT2D eigenvalue weighted by molar-refractivity contribution is 5.94. The minimum atomic E-state index is -4.92. The molecule has 4 N–H and O–H groups in total. The maximum absolute atomic E-state index is 12.1. The van der Waals surface area contributed by atoms with Gasteiger partial charge in [0.05, 0.1) is 7.11 Å². The molecule has 0 aliphatic carbocycles. The second kappa shape index (κ2) is 5.08. The molecule has 0 saturated heterocycles. The number of anilines is 1. The Morgan fingerprint density at radius 1 is 1.50 bits per heavy atom. The molecule has 0 aromatic carbocycles. The Morgan fingerprint density at radius 3 is 2.56 bits per heavy atom. The van der Waals surface area contributed by atoms with E-state index in [4.69, 9.17) is 11.5 Å². The van der Waals surface area contributed by atoms with Crippen LogP contribution in [0.4, 0.5) is 19.0 Å². The molecule has 0 saturated carbocycles. The highest BCUT2D eigenvalue weighted by atomic mass is 19.4. The summed E-state index contributed by atoms with van der Waals surface area (Å²) in [6.45, 7) is -0.303. The van der Waals surface area contributed by atoms with E-state index < -0.39 is 24.0 Å². The molecule has 0 aliphatic heterocycles. The highest BCUT2D eigenvalue weighted by Crippen LogP contribution is 2.27. The SMILES string of the molecule is COC(=O)c1cc(CN)c(OC(F)(F)F)nc1N. The first-order valence-electron chi connectivity index (χ1n) is 4.62. The lowest BCUT2D eigenvalue weighted by atomic mass is 10.2. The van der Waals surface area contributed by atoms with E-state index >= 15 is 0 Å². The number of rotatable bonds is 3. The van der Waals surface area contributed by atoms with Crippen molar-refractivity contribution in [1.29, 1.82) is 0 Å². The molecule has 6 nitrogen and oxygen atoms in total. The molecule has 1 rings (SSSR count). The number of carbonyl (C=O) groups is 1. The molecule has 0 atom stereocenters. The number of nitrogen functional groups attached to an aromatic ring is 1. The molecular formula is C9H10F3N3O3. The quantitative estimate of drug-likeness (QED) is 0.784. The summed E-state index contributed by atoms with van der Waals surface area (Å²) in [5.41, 5.74) is 10.3. The summed E-state index contributed by atoms with van der Waals surface area (Å²) in [5.74, 6) is -2.04. The molecular weight excluding hydrogens is 255 g/mol. The van der Waals surface area contributed by atoms with Crippen LogP contribution in [0.15, 0.2) is 6.07 Å². The van der Waals surface area contributed by atoms with Gasteiger partial charge in [0.2, 0.25) is 5.88 Å². The zero-order chi connectivity index (χ0) is 13.9. The first-order valence-corrected chi connectivity index (χ1v) is 4.62. The number of hydrogen-bond acceptors (Lipinski definition) is 6. The average Bonchev–Trinajstić information content (AvgIpc) is 2.26. The predicted octanol–water partition coefficient (Wildman–Crippen LogP) is 0.808. The first-order chi connectivity index (χ1) is 8.28. The molecule has 0 fully saturated rings. The average molecular weight is 265 g/mol. The largest absolute Gasteiger partial charge is 0.574 e. The van der Waals surface area contributed by atoms with E-state index in [1.165, 1.54) is 0 Å². The molecule has 1 aromatic rings. The fraction of sp³-hybridized carbons (Fsp3) is 0.333. The number of methoxy groups -OCH3 is 1. The van der Waals surface area contributed by atoms with Crippen molar-refractivity contribution in [1.82, 2.24) is 4.98 Å². The van der Waals surface area contributed by atoms with E-state index in [9.17, 15) is 18.0 Å². The first kappa shape index (κ1) is 14.0. The fourth-order valence-corrected chi connectivity index (χ4v) is 1.17. The number of carbonyl (C=O) groups excluding carboxylic acids is 1. The Kier molecular flexibility index (Phi) is 3.96. The van der Waals surface area contributed by atoms with Crippen molar-refractivity contribution in [3.8, 4) is 5.88 Å². The summed E-state index contributed by atoms with van der Waals surface area (Å²) in [6.07, 6.45) is -4.92. The van der Waals surface area contributed by atoms with Crippen molar-refractivity contribution < 1.29 is 27.4 Å². The Bertz CT molecular complexity index is 462. The second-order valence-electron chi connectivity index (χ2n) is 3.13. The molecule has 0 spiro atoms. The number of esters is 1. The fourth-order valence-electron chi connectivity index (χ4n) is 1.17. The summed E-state index contributed by atoms with van der Waals surface area (Å²) in [4.78, 5) is 14.6. The number of nitrogens with zero attached hydrogens (tertiary/aromatic N) is 1. The van der Waals surface area contributed by atoms with Crippen LogP contribution in [-0.4, -0.2) is 24.4 Å². The van der Waals surface area contributed by atoms with E-state index in [1.807, 2.05) is 0 Å². The Balaban J connectivity index is 3.23. The zero-order valence-electron chi connectivity index (χ0n) is 9.25. The number of halogens is 3. The lowest BCUT2D eigenvalue weighted by molar-refractivity contribution is -0.276. The molecule has 18 heavy (non-hydrogen) atoms. The van der Waals surface area contributed by atoms with Crippen LogP contribution in [0.3, 0.4) is 0 Å². The van der Waals surface area contributed by atoms with E-state index in [1.54, 1.807) is 0 Å². The van der Waals surface area contributed by atoms with Crippen molar-refractivity contribution >= 4 is 11.8 Å². The number of pyridine rings is 1. The summed E-state index contributed by atoms with van der Waals surface area (Å²) in [6, 6.07) is 1.05. The normalized spacial score (nSPS) is 11.2. The van der Waals surface area contributed by atoms with Crippen LogP contribution < -0.4 is 16.2 Å². The van der Waals surface area contributed by atoms with Crippen LogP contribution in [0, 0.1) is 0 Å². The predicted molar refractivity (Wildman–Crippen MR) is 54.6 cm³/mol.